The van der Waals surface area contributed by atoms with E-state index in [1.807, 2.05) is 14.2 Å². The number of esters is 2. The summed E-state index contributed by atoms with van der Waals surface area (Å²) < 4.78 is 25.1. The quantitative estimate of drug-likeness (QED) is 0.566. The second-order valence-electron chi connectivity index (χ2n) is 12.4. The number of carbonyl (C=O) groups excluding carboxylic acids is 2. The van der Waals surface area contributed by atoms with Gasteiger partial charge in [0.05, 0.1) is 11.7 Å². The van der Waals surface area contributed by atoms with Gasteiger partial charge in [-0.05, 0) is 49.5 Å². The maximum absolute atomic E-state index is 12.3. The SMILES string of the molecule is CCN1C[C@]2(C)CC[C@H](OC)[C@@]34[C@@H]5C[C@H]6[C@H](OC(C)=O)[C@@H]5[C@](OC)(C[C@H]6OC(C)=O)[C@@H](C[C@H]23)[C@@H]14. The highest BCUT2D eigenvalue weighted by Crippen LogP contribution is 2.79. The summed E-state index contributed by atoms with van der Waals surface area (Å²) in [6, 6.07) is 0.384. The Bertz CT molecular complexity index is 894. The van der Waals surface area contributed by atoms with Gasteiger partial charge >= 0.3 is 11.9 Å². The second kappa shape index (κ2) is 7.42. The lowest BCUT2D eigenvalue weighted by atomic mass is 9.43. The highest BCUT2D eigenvalue weighted by Gasteiger charge is 2.84. The van der Waals surface area contributed by atoms with Crippen LogP contribution in [0.2, 0.25) is 0 Å². The number of hydrogen-bond donors (Lipinski definition) is 0. The normalized spacial score (nSPS) is 54.6. The molecular weight excluding hydrogens is 434 g/mol. The van der Waals surface area contributed by atoms with Crippen molar-refractivity contribution in [3.8, 4) is 0 Å². The summed E-state index contributed by atoms with van der Waals surface area (Å²) in [6.07, 6.45) is 4.62. The smallest absolute Gasteiger partial charge is 0.302 e. The highest BCUT2D eigenvalue weighted by molar-refractivity contribution is 5.67. The molecule has 6 fully saturated rings. The Morgan fingerprint density at radius 3 is 2.41 bits per heavy atom. The molecule has 0 radical (unpaired) electrons. The molecular formula is C27H41NO6. The third-order valence-electron chi connectivity index (χ3n) is 11.6. The minimum absolute atomic E-state index is 0.0151. The Hall–Kier alpha value is -1.18. The molecule has 190 valence electrons. The number of carbonyl (C=O) groups is 2. The fraction of sp³-hybridized carbons (Fsp3) is 0.926. The zero-order valence-corrected chi connectivity index (χ0v) is 21.5. The van der Waals surface area contributed by atoms with E-state index >= 15 is 0 Å². The van der Waals surface area contributed by atoms with Gasteiger partial charge in [-0.1, -0.05) is 13.8 Å². The van der Waals surface area contributed by atoms with Crippen LogP contribution in [0.5, 0.6) is 0 Å². The molecule has 1 aliphatic heterocycles. The molecule has 1 heterocycles. The summed E-state index contributed by atoms with van der Waals surface area (Å²) in [4.78, 5) is 27.2. The fourth-order valence-electron chi connectivity index (χ4n) is 11.1. The topological polar surface area (TPSA) is 74.3 Å². The Morgan fingerprint density at radius 2 is 1.79 bits per heavy atom. The molecule has 7 heteroatoms. The van der Waals surface area contributed by atoms with Crippen LogP contribution in [0.3, 0.4) is 0 Å². The van der Waals surface area contributed by atoms with Crippen LogP contribution in [0.1, 0.15) is 59.8 Å². The Labute approximate surface area is 203 Å². The van der Waals surface area contributed by atoms with Crippen LogP contribution in [-0.4, -0.2) is 74.1 Å². The van der Waals surface area contributed by atoms with Crippen molar-refractivity contribution in [2.24, 2.45) is 40.4 Å². The summed E-state index contributed by atoms with van der Waals surface area (Å²) in [5, 5.41) is 0. The van der Waals surface area contributed by atoms with Crippen molar-refractivity contribution in [1.29, 1.82) is 0 Å². The predicted molar refractivity (Wildman–Crippen MR) is 124 cm³/mol. The van der Waals surface area contributed by atoms with E-state index in [1.54, 1.807) is 0 Å². The lowest BCUT2D eigenvalue weighted by molar-refractivity contribution is -0.277. The fourth-order valence-corrected chi connectivity index (χ4v) is 11.1. The van der Waals surface area contributed by atoms with E-state index in [9.17, 15) is 9.59 Å². The van der Waals surface area contributed by atoms with E-state index < -0.39 is 5.60 Å². The lowest BCUT2D eigenvalue weighted by Crippen LogP contribution is -2.76. The monoisotopic (exact) mass is 475 g/mol. The number of methoxy groups -OCH3 is 2. The molecule has 0 amide bonds. The summed E-state index contributed by atoms with van der Waals surface area (Å²) >= 11 is 0. The van der Waals surface area contributed by atoms with E-state index in [4.69, 9.17) is 18.9 Å². The zero-order valence-electron chi connectivity index (χ0n) is 21.5. The largest absolute Gasteiger partial charge is 0.462 e. The number of nitrogens with zero attached hydrogens (tertiary/aromatic N) is 1. The molecule has 34 heavy (non-hydrogen) atoms. The van der Waals surface area contributed by atoms with Crippen molar-refractivity contribution in [2.75, 3.05) is 27.3 Å². The molecule has 12 atom stereocenters. The Kier molecular flexibility index (Phi) is 5.07. The van der Waals surface area contributed by atoms with Crippen LogP contribution >= 0.6 is 0 Å². The maximum atomic E-state index is 12.3. The molecule has 0 aromatic heterocycles. The first-order chi connectivity index (χ1) is 16.2. The van der Waals surface area contributed by atoms with Gasteiger partial charge in [0.2, 0.25) is 0 Å². The number of hydrogen-bond acceptors (Lipinski definition) is 7. The van der Waals surface area contributed by atoms with Crippen molar-refractivity contribution >= 4 is 11.9 Å². The van der Waals surface area contributed by atoms with Gasteiger partial charge in [-0.15, -0.1) is 0 Å². The van der Waals surface area contributed by atoms with Crippen LogP contribution in [-0.2, 0) is 28.5 Å². The summed E-state index contributed by atoms with van der Waals surface area (Å²) in [5.41, 5.74) is -0.193. The van der Waals surface area contributed by atoms with Gasteiger partial charge in [0.25, 0.3) is 0 Å². The Balaban J connectivity index is 1.57. The minimum Gasteiger partial charge on any atom is -0.462 e. The van der Waals surface area contributed by atoms with E-state index in [-0.39, 0.29) is 52.9 Å². The second-order valence-corrected chi connectivity index (χ2v) is 12.4. The van der Waals surface area contributed by atoms with Gasteiger partial charge in [0.1, 0.15) is 12.2 Å². The Morgan fingerprint density at radius 1 is 1.06 bits per heavy atom. The van der Waals surface area contributed by atoms with Crippen LogP contribution < -0.4 is 0 Å². The zero-order chi connectivity index (χ0) is 24.2. The lowest BCUT2D eigenvalue weighted by Gasteiger charge is -2.69. The molecule has 7 nitrogen and oxygen atoms in total. The van der Waals surface area contributed by atoms with Crippen LogP contribution in [0.4, 0.5) is 0 Å². The number of rotatable bonds is 5. The van der Waals surface area contributed by atoms with E-state index in [1.165, 1.54) is 20.3 Å². The van der Waals surface area contributed by atoms with Crippen molar-refractivity contribution in [3.63, 3.8) is 0 Å². The summed E-state index contributed by atoms with van der Waals surface area (Å²) in [5.74, 6) is 0.791. The molecule has 0 N–H and O–H groups in total. The average molecular weight is 476 g/mol. The number of piperidine rings is 1. The predicted octanol–water partition coefficient (Wildman–Crippen LogP) is 3.05. The molecule has 1 spiro atoms. The van der Waals surface area contributed by atoms with Gasteiger partial charge in [-0.3, -0.25) is 14.5 Å². The first-order valence-electron chi connectivity index (χ1n) is 13.3. The van der Waals surface area contributed by atoms with Crippen LogP contribution in [0.15, 0.2) is 0 Å². The standard InChI is InChI=1S/C27H41NO6/c1-7-28-13-25(4)9-8-21(31-5)27-17-10-16-19(33-14(2)29)12-26(32-6,18(24(27)28)11-20(25)27)22(17)23(16)34-15(3)30/h16-24H,7-13H2,1-6H3/t16-,17-,18+,19-,20-,21+,22-,23+,24-,25+,26+,27-/m1/s1. The van der Waals surface area contributed by atoms with Crippen molar-refractivity contribution in [2.45, 2.75) is 89.8 Å². The third kappa shape index (κ3) is 2.54. The molecule has 0 aromatic carbocycles. The van der Waals surface area contributed by atoms with Crippen LogP contribution in [0.25, 0.3) is 0 Å². The molecule has 5 saturated carbocycles. The minimum atomic E-state index is -0.470. The maximum Gasteiger partial charge on any atom is 0.302 e. The molecule has 0 aromatic rings. The number of fused-ring (bicyclic) bond motifs is 2. The molecule has 1 saturated heterocycles. The summed E-state index contributed by atoms with van der Waals surface area (Å²) in [7, 11) is 3.73. The average Bonchev–Trinajstić information content (AvgIpc) is 3.22. The first-order valence-corrected chi connectivity index (χ1v) is 13.3. The molecule has 6 rings (SSSR count). The van der Waals surface area contributed by atoms with Gasteiger partial charge < -0.3 is 18.9 Å². The van der Waals surface area contributed by atoms with Gasteiger partial charge in [0.15, 0.2) is 0 Å². The first kappa shape index (κ1) is 23.2. The molecule has 6 aliphatic rings. The van der Waals surface area contributed by atoms with Crippen molar-refractivity contribution in [3.05, 3.63) is 0 Å². The number of ether oxygens (including phenoxy) is 4. The van der Waals surface area contributed by atoms with Crippen molar-refractivity contribution in [1.82, 2.24) is 4.90 Å². The number of likely N-dealkylation sites (tertiary alicyclic amines) is 1. The molecule has 5 aliphatic carbocycles. The van der Waals surface area contributed by atoms with Gasteiger partial charge in [-0.2, -0.15) is 0 Å². The highest BCUT2D eigenvalue weighted by atomic mass is 16.6. The van der Waals surface area contributed by atoms with E-state index in [2.05, 4.69) is 18.7 Å². The van der Waals surface area contributed by atoms with Crippen LogP contribution in [0, 0.1) is 40.4 Å². The molecule has 7 bridgehead atoms. The van der Waals surface area contributed by atoms with E-state index in [0.29, 0.717) is 30.2 Å². The van der Waals surface area contributed by atoms with Crippen molar-refractivity contribution < 1.29 is 28.5 Å². The molecule has 0 unspecified atom stereocenters. The van der Waals surface area contributed by atoms with E-state index in [0.717, 1.165) is 32.4 Å². The van der Waals surface area contributed by atoms with Gasteiger partial charge in [0, 0.05) is 70.2 Å². The van der Waals surface area contributed by atoms with Gasteiger partial charge in [-0.25, -0.2) is 0 Å². The summed E-state index contributed by atoms with van der Waals surface area (Å²) in [6.45, 7) is 9.94. The third-order valence-corrected chi connectivity index (χ3v) is 11.6.